The average Bonchev–Trinajstić information content (AvgIpc) is 2.37. The molecule has 0 aliphatic carbocycles. The van der Waals surface area contributed by atoms with Crippen LogP contribution >= 0.6 is 11.8 Å². The van der Waals surface area contributed by atoms with Gasteiger partial charge in [0.1, 0.15) is 0 Å². The predicted molar refractivity (Wildman–Crippen MR) is 46.5 cm³/mol. The Morgan fingerprint density at radius 2 is 2.55 bits per heavy atom. The van der Waals surface area contributed by atoms with Crippen molar-refractivity contribution < 1.29 is 5.11 Å². The van der Waals surface area contributed by atoms with Crippen molar-refractivity contribution in [1.82, 2.24) is 9.78 Å². The largest absolute Gasteiger partial charge is 0.396 e. The van der Waals surface area contributed by atoms with E-state index in [0.29, 0.717) is 0 Å². The summed E-state index contributed by atoms with van der Waals surface area (Å²) < 4.78 is 1.85. The smallest absolute Gasteiger partial charge is 0.0521 e. The number of aliphatic hydroxyl groups excluding tert-OH is 1. The summed E-state index contributed by atoms with van der Waals surface area (Å²) >= 11 is 1.71. The van der Waals surface area contributed by atoms with Gasteiger partial charge < -0.3 is 5.11 Å². The van der Waals surface area contributed by atoms with E-state index in [1.54, 1.807) is 18.0 Å². The zero-order valence-electron chi connectivity index (χ0n) is 6.53. The molecule has 0 saturated carbocycles. The first-order chi connectivity index (χ1) is 5.34. The molecule has 0 radical (unpaired) electrons. The van der Waals surface area contributed by atoms with E-state index in [2.05, 4.69) is 5.10 Å². The molecular formula is C7H12N2OS. The zero-order chi connectivity index (χ0) is 8.10. The molecule has 4 heteroatoms. The first kappa shape index (κ1) is 8.62. The molecule has 0 aliphatic heterocycles. The second-order valence-electron chi connectivity index (χ2n) is 2.22. The molecule has 11 heavy (non-hydrogen) atoms. The summed E-state index contributed by atoms with van der Waals surface area (Å²) in [4.78, 5) is 0. The third-order valence-electron chi connectivity index (χ3n) is 1.41. The normalized spacial score (nSPS) is 10.4. The van der Waals surface area contributed by atoms with Gasteiger partial charge in [-0.1, -0.05) is 0 Å². The summed E-state index contributed by atoms with van der Waals surface area (Å²) in [6.45, 7) is 0.252. The molecule has 3 nitrogen and oxygen atoms in total. The molecule has 0 fully saturated rings. The Balaban J connectivity index is 2.32. The lowest BCUT2D eigenvalue weighted by Crippen LogP contribution is -1.97. The van der Waals surface area contributed by atoms with Gasteiger partial charge in [-0.15, -0.1) is 0 Å². The Kier molecular flexibility index (Phi) is 3.45. The molecule has 0 amide bonds. The van der Waals surface area contributed by atoms with Crippen LogP contribution in [0, 0.1) is 0 Å². The fourth-order valence-electron chi connectivity index (χ4n) is 0.784. The number of rotatable bonds is 4. The van der Waals surface area contributed by atoms with Gasteiger partial charge in [-0.3, -0.25) is 4.68 Å². The van der Waals surface area contributed by atoms with Crippen LogP contribution in [0.4, 0.5) is 0 Å². The van der Waals surface area contributed by atoms with Gasteiger partial charge in [0.25, 0.3) is 0 Å². The molecule has 1 rings (SSSR count). The minimum Gasteiger partial charge on any atom is -0.396 e. The Bertz CT molecular complexity index is 212. The van der Waals surface area contributed by atoms with Gasteiger partial charge in [0.05, 0.1) is 6.61 Å². The summed E-state index contributed by atoms with van der Waals surface area (Å²) in [5, 5.41) is 12.6. The van der Waals surface area contributed by atoms with Gasteiger partial charge >= 0.3 is 0 Å². The highest BCUT2D eigenvalue weighted by Crippen LogP contribution is 2.09. The van der Waals surface area contributed by atoms with Crippen molar-refractivity contribution >= 4 is 11.8 Å². The first-order valence-electron chi connectivity index (χ1n) is 3.50. The van der Waals surface area contributed by atoms with E-state index in [1.165, 1.54) is 5.69 Å². The van der Waals surface area contributed by atoms with Gasteiger partial charge in [-0.05, 0) is 6.07 Å². The number of nitrogens with zero attached hydrogens (tertiary/aromatic N) is 2. The van der Waals surface area contributed by atoms with E-state index in [1.807, 2.05) is 17.8 Å². The molecule has 0 bridgehead atoms. The average molecular weight is 172 g/mol. The molecule has 0 saturated heterocycles. The number of aromatic nitrogens is 2. The summed E-state index contributed by atoms with van der Waals surface area (Å²) in [5.74, 6) is 1.72. The molecule has 0 aromatic carbocycles. The van der Waals surface area contributed by atoms with Crippen LogP contribution in [0.1, 0.15) is 5.69 Å². The fraction of sp³-hybridized carbons (Fsp3) is 0.571. The van der Waals surface area contributed by atoms with Crippen LogP contribution in [-0.4, -0.2) is 27.2 Å². The molecular weight excluding hydrogens is 160 g/mol. The van der Waals surface area contributed by atoms with E-state index in [0.717, 1.165) is 11.5 Å². The second-order valence-corrected chi connectivity index (χ2v) is 3.33. The molecule has 62 valence electrons. The highest BCUT2D eigenvalue weighted by atomic mass is 32.2. The Hall–Kier alpha value is -0.480. The van der Waals surface area contributed by atoms with Crippen molar-refractivity contribution in [2.45, 2.75) is 5.75 Å². The minimum absolute atomic E-state index is 0.252. The van der Waals surface area contributed by atoms with E-state index in [-0.39, 0.29) is 6.61 Å². The highest BCUT2D eigenvalue weighted by molar-refractivity contribution is 7.98. The van der Waals surface area contributed by atoms with Gasteiger partial charge in [-0.2, -0.15) is 16.9 Å². The van der Waals surface area contributed by atoms with Gasteiger partial charge in [-0.25, -0.2) is 0 Å². The number of aryl methyl sites for hydroxylation is 1. The zero-order valence-corrected chi connectivity index (χ0v) is 7.34. The van der Waals surface area contributed by atoms with Crippen molar-refractivity contribution in [2.24, 2.45) is 7.05 Å². The molecule has 1 heterocycles. The van der Waals surface area contributed by atoms with E-state index >= 15 is 0 Å². The van der Waals surface area contributed by atoms with Crippen LogP contribution in [0.2, 0.25) is 0 Å². The van der Waals surface area contributed by atoms with E-state index < -0.39 is 0 Å². The van der Waals surface area contributed by atoms with Crippen molar-refractivity contribution in [3.8, 4) is 0 Å². The minimum atomic E-state index is 0.252. The number of hydrogen-bond acceptors (Lipinski definition) is 3. The topological polar surface area (TPSA) is 38.0 Å². The lowest BCUT2D eigenvalue weighted by atomic mass is 10.5. The summed E-state index contributed by atoms with van der Waals surface area (Å²) in [6, 6.07) is 1.99. The van der Waals surface area contributed by atoms with Crippen molar-refractivity contribution in [2.75, 3.05) is 12.4 Å². The summed E-state index contributed by atoms with van der Waals surface area (Å²) in [5.41, 5.74) is 1.20. The van der Waals surface area contributed by atoms with Crippen LogP contribution in [0.15, 0.2) is 12.3 Å². The fourth-order valence-corrected chi connectivity index (χ4v) is 1.55. The molecule has 1 aromatic rings. The van der Waals surface area contributed by atoms with Gasteiger partial charge in [0, 0.05) is 30.4 Å². The Morgan fingerprint density at radius 3 is 3.09 bits per heavy atom. The van der Waals surface area contributed by atoms with Crippen molar-refractivity contribution in [3.05, 3.63) is 18.0 Å². The van der Waals surface area contributed by atoms with Crippen LogP contribution < -0.4 is 0 Å². The third kappa shape index (κ3) is 2.55. The molecule has 0 spiro atoms. The molecule has 0 unspecified atom stereocenters. The Morgan fingerprint density at radius 1 is 1.73 bits per heavy atom. The lowest BCUT2D eigenvalue weighted by Gasteiger charge is -1.99. The van der Waals surface area contributed by atoms with Crippen LogP contribution in [-0.2, 0) is 12.8 Å². The molecule has 1 N–H and O–H groups in total. The lowest BCUT2D eigenvalue weighted by molar-refractivity contribution is 0.322. The monoisotopic (exact) mass is 172 g/mol. The van der Waals surface area contributed by atoms with Crippen molar-refractivity contribution in [3.63, 3.8) is 0 Å². The third-order valence-corrected chi connectivity index (χ3v) is 2.38. The van der Waals surface area contributed by atoms with Crippen LogP contribution in [0.25, 0.3) is 0 Å². The molecule has 0 aliphatic rings. The predicted octanol–water partition coefficient (Wildman–Crippen LogP) is 0.646. The standard InChI is InChI=1S/C7H12N2OS/c1-9-7(2-3-8-9)6-11-5-4-10/h2-3,10H,4-6H2,1H3. The van der Waals surface area contributed by atoms with E-state index in [4.69, 9.17) is 5.11 Å². The number of hydrogen-bond donors (Lipinski definition) is 1. The molecule has 0 atom stereocenters. The van der Waals surface area contributed by atoms with Gasteiger partial charge in [0.2, 0.25) is 0 Å². The molecule has 1 aromatic heterocycles. The van der Waals surface area contributed by atoms with E-state index in [9.17, 15) is 0 Å². The maximum Gasteiger partial charge on any atom is 0.0521 e. The summed E-state index contributed by atoms with van der Waals surface area (Å²) in [6.07, 6.45) is 1.79. The maximum absolute atomic E-state index is 8.52. The maximum atomic E-state index is 8.52. The number of thioether (sulfide) groups is 1. The van der Waals surface area contributed by atoms with Gasteiger partial charge in [0.15, 0.2) is 0 Å². The summed E-state index contributed by atoms with van der Waals surface area (Å²) in [7, 11) is 1.93. The quantitative estimate of drug-likeness (QED) is 0.677. The Labute approximate surface area is 70.4 Å². The second kappa shape index (κ2) is 4.41. The first-order valence-corrected chi connectivity index (χ1v) is 4.65. The van der Waals surface area contributed by atoms with Crippen LogP contribution in [0.5, 0.6) is 0 Å². The van der Waals surface area contributed by atoms with Crippen LogP contribution in [0.3, 0.4) is 0 Å². The number of aliphatic hydroxyl groups is 1. The van der Waals surface area contributed by atoms with Crippen molar-refractivity contribution in [1.29, 1.82) is 0 Å². The highest BCUT2D eigenvalue weighted by Gasteiger charge is 1.96. The SMILES string of the molecule is Cn1nccc1CSCCO.